The van der Waals surface area contributed by atoms with E-state index in [-0.39, 0.29) is 88.9 Å². The number of fused-ring (bicyclic) bond motifs is 1. The van der Waals surface area contributed by atoms with Crippen LogP contribution in [0.25, 0.3) is 10.9 Å². The zero-order valence-corrected chi connectivity index (χ0v) is 57.9. The van der Waals surface area contributed by atoms with Crippen molar-refractivity contribution < 1.29 is 82.3 Å². The summed E-state index contributed by atoms with van der Waals surface area (Å²) in [5.41, 5.74) is 6.18. The topological polar surface area (TPSA) is 449 Å². The molecule has 1 fully saturated rings. The molecule has 0 spiro atoms. The minimum absolute atomic E-state index is 0.0579. The molecule has 32 heteroatoms. The Hall–Kier alpha value is -9.40. The number of nitrogens with one attached hydrogen (secondary N) is 11. The van der Waals surface area contributed by atoms with Crippen LogP contribution in [0.4, 0.5) is 9.59 Å². The lowest BCUT2D eigenvalue weighted by atomic mass is 10.0. The molecule has 0 aliphatic carbocycles. The maximum Gasteiger partial charge on any atom is 0.408 e. The van der Waals surface area contributed by atoms with Crippen molar-refractivity contribution in [2.24, 2.45) is 5.73 Å². The fraction of sp³-hybridized carbons (Fsp3) is 0.493. The van der Waals surface area contributed by atoms with Crippen LogP contribution in [0.1, 0.15) is 104 Å². The monoisotopic (exact) mass is 1410 g/mol. The number of nitrogens with two attached hydrogens (primary N) is 1. The van der Waals surface area contributed by atoms with Crippen LogP contribution in [0.3, 0.4) is 0 Å². The highest BCUT2D eigenvalue weighted by atomic mass is 33.1. The molecule has 4 aromatic rings. The average molecular weight is 1410 g/mol. The van der Waals surface area contributed by atoms with Crippen LogP contribution >= 0.6 is 21.6 Å². The van der Waals surface area contributed by atoms with Gasteiger partial charge in [-0.15, -0.1) is 0 Å². The maximum absolute atomic E-state index is 15.2. The third-order valence-corrected chi connectivity index (χ3v) is 17.8. The number of benzene rings is 3. The number of para-hydroxylation sites is 1. The summed E-state index contributed by atoms with van der Waals surface area (Å²) in [7, 11) is 1.76. The third-order valence-electron chi connectivity index (χ3n) is 15.4. The van der Waals surface area contributed by atoms with Gasteiger partial charge in [-0.3, -0.25) is 47.9 Å². The number of carbonyl (C=O) groups is 12. The molecule has 538 valence electrons. The summed E-state index contributed by atoms with van der Waals surface area (Å²) in [4.78, 5) is 173. The number of alkyl carbamates (subject to hydrolysis) is 2. The van der Waals surface area contributed by atoms with Gasteiger partial charge in [-0.25, -0.2) is 9.59 Å². The molecular formula is C67H91N13O17S2. The molecule has 2 aliphatic rings. The van der Waals surface area contributed by atoms with Gasteiger partial charge in [0.15, 0.2) is 0 Å². The van der Waals surface area contributed by atoms with E-state index in [4.69, 9.17) is 15.2 Å². The van der Waals surface area contributed by atoms with E-state index < -0.39 is 149 Å². The van der Waals surface area contributed by atoms with Crippen molar-refractivity contribution in [3.63, 3.8) is 0 Å². The van der Waals surface area contributed by atoms with Crippen molar-refractivity contribution in [2.45, 2.75) is 178 Å². The Balaban J connectivity index is 1.39. The molecule has 3 heterocycles. The van der Waals surface area contributed by atoms with E-state index in [0.29, 0.717) is 27.6 Å². The normalized spacial score (nSPS) is 20.9. The summed E-state index contributed by atoms with van der Waals surface area (Å²) in [5.74, 6) is -9.87. The van der Waals surface area contributed by atoms with Crippen molar-refractivity contribution in [1.82, 2.24) is 63.1 Å². The van der Waals surface area contributed by atoms with Crippen molar-refractivity contribution >= 4 is 104 Å². The highest BCUT2D eigenvalue weighted by Crippen LogP contribution is 2.25. The molecule has 6 rings (SSSR count). The number of carbonyl (C=O) groups excluding carboxylic acids is 12. The molecule has 1 unspecified atom stereocenters. The summed E-state index contributed by atoms with van der Waals surface area (Å²) in [6, 6.07) is 8.71. The summed E-state index contributed by atoms with van der Waals surface area (Å²) in [5, 5.41) is 58.6. The Morgan fingerprint density at radius 2 is 1.29 bits per heavy atom. The zero-order chi connectivity index (χ0) is 72.6. The molecule has 0 saturated carbocycles. The fourth-order valence-electron chi connectivity index (χ4n) is 10.3. The van der Waals surface area contributed by atoms with Gasteiger partial charge in [0.2, 0.25) is 59.1 Å². The Bertz CT molecular complexity index is 3510. The van der Waals surface area contributed by atoms with Gasteiger partial charge in [0.05, 0.1) is 6.10 Å². The number of hydrogen-bond donors (Lipinski definition) is 15. The van der Waals surface area contributed by atoms with Gasteiger partial charge in [0.1, 0.15) is 71.5 Å². The first-order valence-corrected chi connectivity index (χ1v) is 34.9. The van der Waals surface area contributed by atoms with Gasteiger partial charge in [-0.05, 0) is 122 Å². The number of aliphatic hydroxyl groups is 2. The SMILES string of the molecule is C[C@@H](O)[C@@H]1NC(=O)[C@H](CCCCNC(=O)OC(C)(C)C)NC(=O)[C@@H](Cc2c[nH]c3ccccc23)NC(=O)[C@H](Cc2ccc(O)cc2)NC(=O)[C@@H](NC(=O)[C@@H](Cc2ccccc2)NC(=O)OC(C)(C)C)CSSC[C@@H](C(=O)N[C@@H](CCC(=O)NCCCN2C(=O)C=CC2O)C(N)=O)NC1=O. The molecular weight excluding hydrogens is 1320 g/mol. The summed E-state index contributed by atoms with van der Waals surface area (Å²) < 4.78 is 10.9. The standard InChI is InChI=1S/C67H91N13O17S2/c1-38(81)55-63(93)77-51(61(91)72-45(56(68)86)25-26-52(83)69-30-15-31-80-53(84)27-28-54(80)85)37-99-98-36-50(76-59(89)48(32-39-16-9-8-10-17-39)78-65(95)97-67(5,6)7)62(92)74-47(33-40-21-23-42(82)24-22-40)58(88)75-49(34-41-35-71-44-19-12-11-18-43(41)44)60(90)73-46(57(87)79-55)20-13-14-29-70-64(94)96-66(2,3)4/h8-12,16-19,21-24,27-28,35,38,45-51,53,55,71,81-82,84H,13-15,20,25-26,29-34,36-37H2,1-7H3,(H2,68,86)(H,69,83)(H,70,94)(H,72,91)(H,73,90)(H,74,92)(H,75,88)(H,76,89)(H,77,93)(H,78,95)(H,79,87)/t38-,45+,46+,47+,48-,49-,50+,51+,53?,55+/m1/s1. The lowest BCUT2D eigenvalue weighted by Crippen LogP contribution is -2.62. The number of aromatic amines is 1. The van der Waals surface area contributed by atoms with Gasteiger partial charge in [-0.1, -0.05) is 82.3 Å². The molecule has 0 bridgehead atoms. The van der Waals surface area contributed by atoms with Crippen LogP contribution in [0, 0.1) is 0 Å². The second-order valence-corrected chi connectivity index (χ2v) is 28.4. The van der Waals surface area contributed by atoms with Crippen LogP contribution in [0.5, 0.6) is 5.75 Å². The predicted octanol–water partition coefficient (Wildman–Crippen LogP) is 1.15. The number of aromatic nitrogens is 1. The Morgan fingerprint density at radius 1 is 0.677 bits per heavy atom. The number of amides is 12. The molecule has 99 heavy (non-hydrogen) atoms. The van der Waals surface area contributed by atoms with Crippen molar-refractivity contribution in [2.75, 3.05) is 31.1 Å². The summed E-state index contributed by atoms with van der Waals surface area (Å²) in [6.07, 6.45) is -1.19. The molecule has 10 atom stereocenters. The van der Waals surface area contributed by atoms with Gasteiger partial charge in [0, 0.05) is 80.0 Å². The first-order valence-electron chi connectivity index (χ1n) is 32.4. The number of unbranched alkanes of at least 4 members (excludes halogenated alkanes) is 1. The smallest absolute Gasteiger partial charge is 0.408 e. The van der Waals surface area contributed by atoms with Crippen LogP contribution in [0.15, 0.2) is 97.2 Å². The number of phenolic OH excluding ortho intramolecular Hbond substituents is 1. The highest BCUT2D eigenvalue weighted by Gasteiger charge is 2.38. The largest absolute Gasteiger partial charge is 0.508 e. The minimum atomic E-state index is -1.87. The average Bonchev–Trinajstić information content (AvgIpc) is 1.74. The summed E-state index contributed by atoms with van der Waals surface area (Å²) in [6.45, 7) is 11.3. The van der Waals surface area contributed by atoms with E-state index >= 15 is 14.4 Å². The lowest BCUT2D eigenvalue weighted by molar-refractivity contribution is -0.136. The third kappa shape index (κ3) is 26.4. The van der Waals surface area contributed by atoms with E-state index in [1.807, 2.05) is 0 Å². The van der Waals surface area contributed by atoms with E-state index in [9.17, 15) is 58.5 Å². The molecule has 12 amide bonds. The summed E-state index contributed by atoms with van der Waals surface area (Å²) >= 11 is 0. The maximum atomic E-state index is 15.2. The molecule has 16 N–H and O–H groups in total. The van der Waals surface area contributed by atoms with E-state index in [1.54, 1.807) is 102 Å². The lowest BCUT2D eigenvalue weighted by Gasteiger charge is -2.29. The Labute approximate surface area is 581 Å². The Morgan fingerprint density at radius 3 is 1.95 bits per heavy atom. The molecule has 30 nitrogen and oxygen atoms in total. The van der Waals surface area contributed by atoms with Crippen LogP contribution in [0.2, 0.25) is 0 Å². The quantitative estimate of drug-likeness (QED) is 0.0327. The number of aliphatic hydroxyl groups excluding tert-OH is 2. The van der Waals surface area contributed by atoms with E-state index in [0.717, 1.165) is 21.6 Å². The van der Waals surface area contributed by atoms with Gasteiger partial charge >= 0.3 is 12.2 Å². The van der Waals surface area contributed by atoms with Crippen LogP contribution < -0.4 is 58.9 Å². The number of rotatable bonds is 25. The minimum Gasteiger partial charge on any atom is -0.508 e. The Kier molecular flexibility index (Phi) is 29.8. The zero-order valence-electron chi connectivity index (χ0n) is 56.3. The number of hydrogen-bond acceptors (Lipinski definition) is 19. The van der Waals surface area contributed by atoms with Crippen molar-refractivity contribution in [1.29, 1.82) is 0 Å². The first-order chi connectivity index (χ1) is 46.8. The van der Waals surface area contributed by atoms with Crippen molar-refractivity contribution in [3.8, 4) is 5.75 Å². The second kappa shape index (κ2) is 37.5. The number of H-pyrrole nitrogens is 1. The number of aromatic hydroxyl groups is 1. The van der Waals surface area contributed by atoms with E-state index in [2.05, 4.69) is 58.2 Å². The van der Waals surface area contributed by atoms with Crippen LogP contribution in [-0.4, -0.2) is 199 Å². The van der Waals surface area contributed by atoms with Gasteiger partial charge in [-0.2, -0.15) is 0 Å². The molecule has 0 radical (unpaired) electrons. The number of phenols is 1. The predicted molar refractivity (Wildman–Crippen MR) is 368 cm³/mol. The number of ether oxygens (including phenoxy) is 2. The van der Waals surface area contributed by atoms with Gasteiger partial charge < -0.3 is 93.6 Å². The molecule has 2 aliphatic heterocycles. The van der Waals surface area contributed by atoms with Gasteiger partial charge in [0.25, 0.3) is 0 Å². The fourth-order valence-corrected chi connectivity index (χ4v) is 12.6. The van der Waals surface area contributed by atoms with Crippen molar-refractivity contribution in [3.05, 3.63) is 114 Å². The number of nitrogens with zero attached hydrogens (tertiary/aromatic N) is 1. The molecule has 1 aromatic heterocycles. The second-order valence-electron chi connectivity index (χ2n) is 25.9. The van der Waals surface area contributed by atoms with E-state index in [1.165, 1.54) is 48.2 Å². The highest BCUT2D eigenvalue weighted by molar-refractivity contribution is 8.76. The number of primary amides is 1. The van der Waals surface area contributed by atoms with Crippen LogP contribution in [-0.2, 0) is 76.7 Å². The first kappa shape index (κ1) is 78.6. The molecule has 3 aromatic carbocycles. The molecule has 1 saturated heterocycles.